The smallest absolute Gasteiger partial charge is 0.275 e. The Bertz CT molecular complexity index is 883. The SMILES string of the molecule is Cn1c2c(c3cccc(F)c31)CCN(c1ccccc1)C2=O. The molecule has 1 aliphatic heterocycles. The van der Waals surface area contributed by atoms with Gasteiger partial charge in [0.15, 0.2) is 0 Å². The molecule has 2 aromatic carbocycles. The van der Waals surface area contributed by atoms with Gasteiger partial charge in [-0.05, 0) is 30.2 Å². The largest absolute Gasteiger partial charge is 0.337 e. The number of benzene rings is 2. The summed E-state index contributed by atoms with van der Waals surface area (Å²) in [4.78, 5) is 14.7. The maximum atomic E-state index is 14.1. The summed E-state index contributed by atoms with van der Waals surface area (Å²) in [5.41, 5.74) is 2.93. The number of hydrogen-bond donors (Lipinski definition) is 0. The van der Waals surface area contributed by atoms with Crippen LogP contribution in [-0.4, -0.2) is 17.0 Å². The summed E-state index contributed by atoms with van der Waals surface area (Å²) in [5, 5.41) is 0.846. The third kappa shape index (κ3) is 1.70. The Hall–Kier alpha value is -2.62. The van der Waals surface area contributed by atoms with E-state index in [0.717, 1.165) is 23.1 Å². The number of carbonyl (C=O) groups excluding carboxylic acids is 1. The van der Waals surface area contributed by atoms with Crippen molar-refractivity contribution < 1.29 is 9.18 Å². The van der Waals surface area contributed by atoms with E-state index in [1.165, 1.54) is 6.07 Å². The summed E-state index contributed by atoms with van der Waals surface area (Å²) in [6.07, 6.45) is 0.733. The van der Waals surface area contributed by atoms with Crippen LogP contribution in [0.4, 0.5) is 10.1 Å². The Morgan fingerprint density at radius 1 is 1.05 bits per heavy atom. The first-order chi connectivity index (χ1) is 10.7. The van der Waals surface area contributed by atoms with Crippen LogP contribution in [0, 0.1) is 5.82 Å². The lowest BCUT2D eigenvalue weighted by atomic mass is 10.0. The van der Waals surface area contributed by atoms with Crippen LogP contribution in [0.25, 0.3) is 10.9 Å². The number of nitrogens with zero attached hydrogens (tertiary/aromatic N) is 2. The number of aryl methyl sites for hydroxylation is 1. The van der Waals surface area contributed by atoms with Crippen molar-refractivity contribution in [3.63, 3.8) is 0 Å². The lowest BCUT2D eigenvalue weighted by Crippen LogP contribution is -2.38. The molecule has 1 aromatic heterocycles. The number of amides is 1. The van der Waals surface area contributed by atoms with Crippen LogP contribution in [0.15, 0.2) is 48.5 Å². The first-order valence-electron chi connectivity index (χ1n) is 7.31. The highest BCUT2D eigenvalue weighted by atomic mass is 19.1. The molecular formula is C18H15FN2O. The van der Waals surface area contributed by atoms with Crippen molar-refractivity contribution in [1.29, 1.82) is 0 Å². The van der Waals surface area contributed by atoms with Crippen LogP contribution in [-0.2, 0) is 13.5 Å². The first kappa shape index (κ1) is 13.1. The highest BCUT2D eigenvalue weighted by Crippen LogP contribution is 2.33. The van der Waals surface area contributed by atoms with Gasteiger partial charge in [0.1, 0.15) is 11.5 Å². The van der Waals surface area contributed by atoms with Gasteiger partial charge in [0.25, 0.3) is 5.91 Å². The number of rotatable bonds is 1. The summed E-state index contributed by atoms with van der Waals surface area (Å²) in [6, 6.07) is 14.6. The zero-order valence-electron chi connectivity index (χ0n) is 12.2. The van der Waals surface area contributed by atoms with Crippen molar-refractivity contribution in [2.45, 2.75) is 6.42 Å². The molecule has 3 aromatic rings. The Balaban J connectivity index is 1.91. The molecule has 0 fully saturated rings. The summed E-state index contributed by atoms with van der Waals surface area (Å²) >= 11 is 0. The van der Waals surface area contributed by atoms with Gasteiger partial charge in [-0.1, -0.05) is 30.3 Å². The van der Waals surface area contributed by atoms with Gasteiger partial charge in [0, 0.05) is 24.7 Å². The second kappa shape index (κ2) is 4.70. The van der Waals surface area contributed by atoms with Crippen LogP contribution in [0.3, 0.4) is 0 Å². The molecule has 0 atom stereocenters. The minimum absolute atomic E-state index is 0.0643. The molecule has 0 bridgehead atoms. The minimum Gasteiger partial charge on any atom is -0.337 e. The lowest BCUT2D eigenvalue weighted by Gasteiger charge is -2.27. The maximum absolute atomic E-state index is 14.1. The van der Waals surface area contributed by atoms with Gasteiger partial charge in [-0.15, -0.1) is 0 Å². The van der Waals surface area contributed by atoms with E-state index in [9.17, 15) is 9.18 Å². The van der Waals surface area contributed by atoms with Crippen LogP contribution in [0.2, 0.25) is 0 Å². The molecule has 0 unspecified atom stereocenters. The maximum Gasteiger partial charge on any atom is 0.275 e. The number of para-hydroxylation sites is 2. The molecule has 0 radical (unpaired) electrons. The first-order valence-corrected chi connectivity index (χ1v) is 7.31. The quantitative estimate of drug-likeness (QED) is 0.674. The Morgan fingerprint density at radius 2 is 1.82 bits per heavy atom. The van der Waals surface area contributed by atoms with Crippen molar-refractivity contribution in [2.24, 2.45) is 7.05 Å². The molecule has 0 saturated carbocycles. The standard InChI is InChI=1S/C18H15FN2O/c1-20-16-13(8-5-9-15(16)19)14-10-11-21(18(22)17(14)20)12-6-3-2-4-7-12/h2-9H,10-11H2,1H3. The van der Waals surface area contributed by atoms with E-state index in [-0.39, 0.29) is 11.7 Å². The van der Waals surface area contributed by atoms with E-state index in [0.29, 0.717) is 17.8 Å². The van der Waals surface area contributed by atoms with Gasteiger partial charge in [-0.2, -0.15) is 0 Å². The van der Waals surface area contributed by atoms with Crippen LogP contribution >= 0.6 is 0 Å². The van der Waals surface area contributed by atoms with Crippen molar-refractivity contribution in [3.05, 3.63) is 65.6 Å². The molecule has 22 heavy (non-hydrogen) atoms. The molecule has 110 valence electrons. The van der Waals surface area contributed by atoms with Gasteiger partial charge < -0.3 is 9.47 Å². The monoisotopic (exact) mass is 294 g/mol. The summed E-state index contributed by atoms with van der Waals surface area (Å²) in [6.45, 7) is 0.617. The zero-order chi connectivity index (χ0) is 15.3. The fourth-order valence-corrected chi connectivity index (χ4v) is 3.37. The lowest BCUT2D eigenvalue weighted by molar-refractivity contribution is 0.0973. The average Bonchev–Trinajstić information content (AvgIpc) is 2.83. The summed E-state index contributed by atoms with van der Waals surface area (Å²) < 4.78 is 15.8. The topological polar surface area (TPSA) is 25.2 Å². The molecule has 4 heteroatoms. The van der Waals surface area contributed by atoms with E-state index in [1.807, 2.05) is 36.4 Å². The van der Waals surface area contributed by atoms with Gasteiger partial charge in [-0.3, -0.25) is 4.79 Å². The van der Waals surface area contributed by atoms with Gasteiger partial charge in [-0.25, -0.2) is 4.39 Å². The summed E-state index contributed by atoms with van der Waals surface area (Å²) in [5.74, 6) is -0.348. The number of halogens is 1. The van der Waals surface area contributed by atoms with E-state index in [2.05, 4.69) is 0 Å². The van der Waals surface area contributed by atoms with E-state index >= 15 is 0 Å². The summed E-state index contributed by atoms with van der Waals surface area (Å²) in [7, 11) is 1.76. The Morgan fingerprint density at radius 3 is 2.59 bits per heavy atom. The molecule has 2 heterocycles. The third-order valence-electron chi connectivity index (χ3n) is 4.37. The van der Waals surface area contributed by atoms with Crippen molar-refractivity contribution >= 4 is 22.5 Å². The van der Waals surface area contributed by atoms with Crippen molar-refractivity contribution in [2.75, 3.05) is 11.4 Å². The fourth-order valence-electron chi connectivity index (χ4n) is 3.37. The molecule has 1 amide bonds. The van der Waals surface area contributed by atoms with Gasteiger partial charge in [0.05, 0.1) is 5.52 Å². The molecular weight excluding hydrogens is 279 g/mol. The Kier molecular flexibility index (Phi) is 2.79. The predicted molar refractivity (Wildman–Crippen MR) is 84.7 cm³/mol. The molecule has 3 nitrogen and oxygen atoms in total. The van der Waals surface area contributed by atoms with E-state index in [1.54, 1.807) is 22.6 Å². The third-order valence-corrected chi connectivity index (χ3v) is 4.37. The number of aromatic nitrogens is 1. The second-order valence-corrected chi connectivity index (χ2v) is 5.56. The van der Waals surface area contributed by atoms with Crippen LogP contribution in [0.1, 0.15) is 16.1 Å². The number of anilines is 1. The zero-order valence-corrected chi connectivity index (χ0v) is 12.2. The molecule has 0 saturated heterocycles. The average molecular weight is 294 g/mol. The Labute approximate surface area is 127 Å². The second-order valence-electron chi connectivity index (χ2n) is 5.56. The number of fused-ring (bicyclic) bond motifs is 3. The highest BCUT2D eigenvalue weighted by molar-refractivity contribution is 6.11. The number of hydrogen-bond acceptors (Lipinski definition) is 1. The van der Waals surface area contributed by atoms with Crippen molar-refractivity contribution in [3.8, 4) is 0 Å². The molecule has 1 aliphatic rings. The van der Waals surface area contributed by atoms with E-state index in [4.69, 9.17) is 0 Å². The molecule has 4 rings (SSSR count). The van der Waals surface area contributed by atoms with E-state index < -0.39 is 0 Å². The van der Waals surface area contributed by atoms with Gasteiger partial charge >= 0.3 is 0 Å². The number of carbonyl (C=O) groups is 1. The minimum atomic E-state index is -0.284. The molecule has 0 N–H and O–H groups in total. The van der Waals surface area contributed by atoms with Crippen LogP contribution < -0.4 is 4.90 Å². The molecule has 0 spiro atoms. The molecule has 0 aliphatic carbocycles. The predicted octanol–water partition coefficient (Wildman–Crippen LogP) is 3.52. The van der Waals surface area contributed by atoms with Crippen LogP contribution in [0.5, 0.6) is 0 Å². The van der Waals surface area contributed by atoms with Gasteiger partial charge in [0.2, 0.25) is 0 Å². The van der Waals surface area contributed by atoms with Crippen molar-refractivity contribution in [1.82, 2.24) is 4.57 Å². The fraction of sp³-hybridized carbons (Fsp3) is 0.167. The highest BCUT2D eigenvalue weighted by Gasteiger charge is 2.31. The normalized spacial score (nSPS) is 14.5.